The number of Topliss-reactive ketones (excluding diaryl/α,β-unsaturated/α-hetero) is 1. The van der Waals surface area contributed by atoms with E-state index >= 15 is 0 Å². The number of benzene rings is 2. The molecule has 0 bridgehead atoms. The highest BCUT2D eigenvalue weighted by molar-refractivity contribution is 6.46. The predicted octanol–water partition coefficient (Wildman–Crippen LogP) is 4.94. The van der Waals surface area contributed by atoms with Crippen molar-refractivity contribution in [2.45, 2.75) is 53.2 Å². The summed E-state index contributed by atoms with van der Waals surface area (Å²) in [6.45, 7) is 13.2. The fourth-order valence-corrected chi connectivity index (χ4v) is 4.33. The number of aliphatic hydroxyl groups excluding tert-OH is 1. The topological polar surface area (TPSA) is 70.1 Å². The number of rotatable bonds is 10. The van der Waals surface area contributed by atoms with Crippen LogP contribution in [0.15, 0.2) is 54.1 Å². The van der Waals surface area contributed by atoms with Gasteiger partial charge in [0.1, 0.15) is 11.5 Å². The minimum atomic E-state index is -0.647. The summed E-state index contributed by atoms with van der Waals surface area (Å²) in [5.41, 5.74) is 2.48. The van der Waals surface area contributed by atoms with Crippen LogP contribution < -0.4 is 4.74 Å². The van der Waals surface area contributed by atoms with Crippen molar-refractivity contribution in [1.29, 1.82) is 0 Å². The summed E-state index contributed by atoms with van der Waals surface area (Å²) in [5, 5.41) is 11.2. The molecule has 1 aliphatic rings. The maximum absolute atomic E-state index is 13.2. The van der Waals surface area contributed by atoms with Gasteiger partial charge in [-0.1, -0.05) is 55.8 Å². The molecule has 1 saturated heterocycles. The molecule has 1 fully saturated rings. The van der Waals surface area contributed by atoms with Crippen LogP contribution in [0.2, 0.25) is 0 Å². The number of ether oxygens (including phenoxy) is 1. The van der Waals surface area contributed by atoms with E-state index in [1.165, 1.54) is 0 Å². The van der Waals surface area contributed by atoms with Gasteiger partial charge < -0.3 is 19.6 Å². The second-order valence-electron chi connectivity index (χ2n) is 8.97. The Kier molecular flexibility index (Phi) is 8.51. The van der Waals surface area contributed by atoms with Crippen LogP contribution in [0.3, 0.4) is 0 Å². The van der Waals surface area contributed by atoms with Crippen LogP contribution >= 0.6 is 0 Å². The molecule has 0 radical (unpaired) electrons. The maximum atomic E-state index is 13.2. The Balaban J connectivity index is 2.01. The highest BCUT2D eigenvalue weighted by Gasteiger charge is 2.45. The van der Waals surface area contributed by atoms with Crippen LogP contribution in [-0.4, -0.2) is 58.9 Å². The number of amides is 1. The fourth-order valence-electron chi connectivity index (χ4n) is 4.33. The zero-order valence-corrected chi connectivity index (χ0v) is 20.9. The molecule has 1 heterocycles. The number of hydrogen-bond donors (Lipinski definition) is 1. The van der Waals surface area contributed by atoms with Crippen molar-refractivity contribution in [1.82, 2.24) is 9.80 Å². The summed E-state index contributed by atoms with van der Waals surface area (Å²) in [7, 11) is 0. The van der Waals surface area contributed by atoms with Crippen molar-refractivity contribution < 1.29 is 19.4 Å². The molecular weight excluding hydrogens is 428 g/mol. The minimum absolute atomic E-state index is 0.0399. The Bertz CT molecular complexity index is 1020. The van der Waals surface area contributed by atoms with E-state index < -0.39 is 17.7 Å². The van der Waals surface area contributed by atoms with Gasteiger partial charge >= 0.3 is 0 Å². The summed E-state index contributed by atoms with van der Waals surface area (Å²) in [6, 6.07) is 14.1. The quantitative estimate of drug-likeness (QED) is 0.307. The third-order valence-electron chi connectivity index (χ3n) is 6.20. The first-order valence-electron chi connectivity index (χ1n) is 12.1. The molecule has 3 rings (SSSR count). The summed E-state index contributed by atoms with van der Waals surface area (Å²) in [4.78, 5) is 30.2. The van der Waals surface area contributed by atoms with Crippen LogP contribution in [0.1, 0.15) is 56.8 Å². The predicted molar refractivity (Wildman–Crippen MR) is 135 cm³/mol. The van der Waals surface area contributed by atoms with Crippen LogP contribution in [0, 0.1) is 6.92 Å². The third kappa shape index (κ3) is 5.68. The average Bonchev–Trinajstić information content (AvgIpc) is 3.07. The summed E-state index contributed by atoms with van der Waals surface area (Å²) in [5.74, 6) is -0.637. The molecule has 182 valence electrons. The summed E-state index contributed by atoms with van der Waals surface area (Å²) in [6.07, 6.45) is 0.780. The number of carbonyl (C=O) groups is 2. The van der Waals surface area contributed by atoms with Gasteiger partial charge in [-0.2, -0.15) is 0 Å². The molecular formula is C28H36N2O4. The number of ketones is 1. The van der Waals surface area contributed by atoms with E-state index in [0.717, 1.165) is 42.9 Å². The number of aryl methyl sites for hydroxylation is 1. The number of likely N-dealkylation sites (tertiary alicyclic amines) is 1. The summed E-state index contributed by atoms with van der Waals surface area (Å²) < 4.78 is 5.76. The Hall–Kier alpha value is -3.12. The van der Waals surface area contributed by atoms with E-state index in [9.17, 15) is 14.7 Å². The number of carbonyl (C=O) groups excluding carboxylic acids is 2. The second kappa shape index (κ2) is 11.3. The average molecular weight is 465 g/mol. The lowest BCUT2D eigenvalue weighted by Crippen LogP contribution is -2.33. The number of hydrogen-bond acceptors (Lipinski definition) is 5. The Morgan fingerprint density at radius 1 is 1.03 bits per heavy atom. The van der Waals surface area contributed by atoms with Crippen LogP contribution in [0.5, 0.6) is 5.75 Å². The molecule has 1 amide bonds. The molecule has 6 heteroatoms. The standard InChI is InChI=1S/C28H36N2O4/c1-6-29(7-2)17-8-18-30-25(21-13-15-23(16-14-21)34-19(3)4)24(27(32)28(30)33)26(31)22-11-9-20(5)10-12-22/h9-16,19,25,31H,6-8,17-18H2,1-5H3/b26-24+/t25-/m0/s1. The lowest BCUT2D eigenvalue weighted by Gasteiger charge is -2.27. The highest BCUT2D eigenvalue weighted by Crippen LogP contribution is 2.40. The van der Waals surface area contributed by atoms with Gasteiger partial charge in [0, 0.05) is 12.1 Å². The molecule has 1 N–H and O–H groups in total. The molecule has 1 atom stereocenters. The monoisotopic (exact) mass is 464 g/mol. The molecule has 0 aliphatic carbocycles. The van der Waals surface area contributed by atoms with Gasteiger partial charge in [0.05, 0.1) is 17.7 Å². The lowest BCUT2D eigenvalue weighted by atomic mass is 9.95. The van der Waals surface area contributed by atoms with Gasteiger partial charge in [0.25, 0.3) is 11.7 Å². The van der Waals surface area contributed by atoms with Crippen molar-refractivity contribution in [2.24, 2.45) is 0 Å². The van der Waals surface area contributed by atoms with Gasteiger partial charge in [0.15, 0.2) is 0 Å². The molecule has 6 nitrogen and oxygen atoms in total. The van der Waals surface area contributed by atoms with Crippen LogP contribution in [0.25, 0.3) is 5.76 Å². The van der Waals surface area contributed by atoms with Crippen molar-refractivity contribution in [3.8, 4) is 5.75 Å². The van der Waals surface area contributed by atoms with Crippen LogP contribution in [-0.2, 0) is 9.59 Å². The van der Waals surface area contributed by atoms with E-state index in [1.54, 1.807) is 17.0 Å². The molecule has 2 aromatic carbocycles. The first-order chi connectivity index (χ1) is 16.3. The molecule has 0 unspecified atom stereocenters. The van der Waals surface area contributed by atoms with E-state index in [2.05, 4.69) is 18.7 Å². The molecule has 0 saturated carbocycles. The number of nitrogens with zero attached hydrogens (tertiary/aromatic N) is 2. The van der Waals surface area contributed by atoms with E-state index in [1.807, 2.05) is 57.2 Å². The van der Waals surface area contributed by atoms with Crippen molar-refractivity contribution in [3.63, 3.8) is 0 Å². The van der Waals surface area contributed by atoms with Crippen molar-refractivity contribution >= 4 is 17.4 Å². The van der Waals surface area contributed by atoms with Crippen LogP contribution in [0.4, 0.5) is 0 Å². The molecule has 34 heavy (non-hydrogen) atoms. The molecule has 1 aliphatic heterocycles. The Labute approximate surface area is 202 Å². The normalized spacial score (nSPS) is 17.7. The SMILES string of the molecule is CCN(CC)CCCN1C(=O)C(=O)/C(=C(/O)c2ccc(C)cc2)[C@@H]1c1ccc(OC(C)C)cc1. The van der Waals surface area contributed by atoms with Gasteiger partial charge in [0.2, 0.25) is 0 Å². The largest absolute Gasteiger partial charge is 0.507 e. The molecule has 0 spiro atoms. The zero-order valence-electron chi connectivity index (χ0n) is 20.9. The van der Waals surface area contributed by atoms with Gasteiger partial charge in [-0.3, -0.25) is 9.59 Å². The van der Waals surface area contributed by atoms with Gasteiger partial charge in [-0.05, 0) is 64.5 Å². The number of aliphatic hydroxyl groups is 1. The first kappa shape index (κ1) is 25.5. The van der Waals surface area contributed by atoms with Gasteiger partial charge in [-0.25, -0.2) is 0 Å². The minimum Gasteiger partial charge on any atom is -0.507 e. The smallest absolute Gasteiger partial charge is 0.295 e. The second-order valence-corrected chi connectivity index (χ2v) is 8.97. The fraction of sp³-hybridized carbons (Fsp3) is 0.429. The maximum Gasteiger partial charge on any atom is 0.295 e. The summed E-state index contributed by atoms with van der Waals surface area (Å²) >= 11 is 0. The van der Waals surface area contributed by atoms with E-state index in [0.29, 0.717) is 12.1 Å². The zero-order chi connectivity index (χ0) is 24.8. The third-order valence-corrected chi connectivity index (χ3v) is 6.20. The molecule has 2 aromatic rings. The first-order valence-corrected chi connectivity index (χ1v) is 12.1. The van der Waals surface area contributed by atoms with Crippen molar-refractivity contribution in [2.75, 3.05) is 26.2 Å². The van der Waals surface area contributed by atoms with E-state index in [4.69, 9.17) is 4.74 Å². The Morgan fingerprint density at radius 3 is 2.21 bits per heavy atom. The molecule has 0 aromatic heterocycles. The van der Waals surface area contributed by atoms with Crippen molar-refractivity contribution in [3.05, 3.63) is 70.8 Å². The lowest BCUT2D eigenvalue weighted by molar-refractivity contribution is -0.140. The van der Waals surface area contributed by atoms with E-state index in [-0.39, 0.29) is 17.4 Å². The highest BCUT2D eigenvalue weighted by atomic mass is 16.5. The Morgan fingerprint density at radius 2 is 1.65 bits per heavy atom. The van der Waals surface area contributed by atoms with Gasteiger partial charge in [-0.15, -0.1) is 0 Å².